The van der Waals surface area contributed by atoms with Gasteiger partial charge in [-0.1, -0.05) is 12.1 Å². The summed E-state index contributed by atoms with van der Waals surface area (Å²) in [5.41, 5.74) is -0.762. The summed E-state index contributed by atoms with van der Waals surface area (Å²) in [7, 11) is 0. The van der Waals surface area contributed by atoms with Crippen molar-refractivity contribution >= 4 is 11.9 Å². The van der Waals surface area contributed by atoms with Crippen LogP contribution in [0.2, 0.25) is 0 Å². The van der Waals surface area contributed by atoms with Crippen molar-refractivity contribution < 1.29 is 19.4 Å². The summed E-state index contributed by atoms with van der Waals surface area (Å²) in [4.78, 5) is 22.4. The van der Waals surface area contributed by atoms with Gasteiger partial charge in [0, 0.05) is 0 Å². The van der Waals surface area contributed by atoms with E-state index >= 15 is 0 Å². The van der Waals surface area contributed by atoms with Gasteiger partial charge in [0.15, 0.2) is 5.72 Å². The normalized spacial score (nSPS) is 22.9. The van der Waals surface area contributed by atoms with Crippen LogP contribution in [0.15, 0.2) is 24.3 Å². The number of carbonyl (C=O) groups is 2. The number of hydrogen-bond donors (Lipinski definition) is 2. The van der Waals surface area contributed by atoms with E-state index in [4.69, 9.17) is 9.84 Å². The topological polar surface area (TPSA) is 75.6 Å². The van der Waals surface area contributed by atoms with Crippen LogP contribution in [0.1, 0.15) is 23.7 Å². The van der Waals surface area contributed by atoms with Gasteiger partial charge in [0.1, 0.15) is 12.2 Å². The lowest BCUT2D eigenvalue weighted by Crippen LogP contribution is -2.54. The number of carboxylic acids is 1. The molecule has 2 rings (SSSR count). The van der Waals surface area contributed by atoms with Crippen LogP contribution < -0.4 is 10.1 Å². The van der Waals surface area contributed by atoms with Gasteiger partial charge in [-0.15, -0.1) is 0 Å². The number of para-hydroxylation sites is 1. The Hall–Kier alpha value is -2.04. The Morgan fingerprint density at radius 3 is 2.88 bits per heavy atom. The van der Waals surface area contributed by atoms with Gasteiger partial charge in [0.25, 0.3) is 5.91 Å². The summed E-state index contributed by atoms with van der Waals surface area (Å²) in [6, 6.07) is 6.74. The predicted octanol–water partition coefficient (Wildman–Crippen LogP) is 1.000. The van der Waals surface area contributed by atoms with E-state index in [1.807, 2.05) is 0 Å². The van der Waals surface area contributed by atoms with Gasteiger partial charge in [0.2, 0.25) is 0 Å². The Kier molecular flexibility index (Phi) is 2.30. The molecule has 1 aliphatic rings. The van der Waals surface area contributed by atoms with Crippen LogP contribution in [0.5, 0.6) is 5.75 Å². The van der Waals surface area contributed by atoms with E-state index in [0.717, 1.165) is 0 Å². The molecule has 0 saturated carbocycles. The first-order valence-electron chi connectivity index (χ1n) is 4.82. The number of benzene rings is 1. The number of amides is 1. The van der Waals surface area contributed by atoms with Gasteiger partial charge < -0.3 is 15.2 Å². The van der Waals surface area contributed by atoms with Crippen molar-refractivity contribution in [1.82, 2.24) is 5.32 Å². The minimum absolute atomic E-state index is 0.285. The van der Waals surface area contributed by atoms with E-state index in [2.05, 4.69) is 5.32 Å². The lowest BCUT2D eigenvalue weighted by atomic mass is 10.1. The maximum atomic E-state index is 11.7. The molecule has 1 aromatic rings. The van der Waals surface area contributed by atoms with Crippen LogP contribution in [0.3, 0.4) is 0 Å². The maximum absolute atomic E-state index is 11.7. The molecule has 0 fully saturated rings. The largest absolute Gasteiger partial charge is 0.481 e. The summed E-state index contributed by atoms with van der Waals surface area (Å²) in [5, 5.41) is 11.3. The molecule has 1 unspecified atom stereocenters. The number of fused-ring (bicyclic) bond motifs is 1. The number of aliphatic carboxylic acids is 1. The molecule has 0 spiro atoms. The van der Waals surface area contributed by atoms with Crippen LogP contribution >= 0.6 is 0 Å². The number of carboxylic acid groups (broad SMARTS) is 1. The third kappa shape index (κ3) is 1.84. The van der Waals surface area contributed by atoms with Crippen LogP contribution in [-0.4, -0.2) is 22.7 Å². The van der Waals surface area contributed by atoms with E-state index in [1.165, 1.54) is 6.92 Å². The highest BCUT2D eigenvalue weighted by Gasteiger charge is 2.37. The average Bonchev–Trinajstić information content (AvgIpc) is 2.15. The average molecular weight is 221 g/mol. The standard InChI is InChI=1S/C11H11NO4/c1-11(6-9(13)14)12-10(15)7-4-2-3-5-8(7)16-11/h2-5H,6H2,1H3,(H,12,15)(H,13,14). The maximum Gasteiger partial charge on any atom is 0.309 e. The number of hydrogen-bond acceptors (Lipinski definition) is 3. The van der Waals surface area contributed by atoms with Crippen LogP contribution in [-0.2, 0) is 4.79 Å². The smallest absolute Gasteiger partial charge is 0.309 e. The molecule has 16 heavy (non-hydrogen) atoms. The van der Waals surface area contributed by atoms with Gasteiger partial charge in [-0.3, -0.25) is 9.59 Å². The summed E-state index contributed by atoms with van der Waals surface area (Å²) in [5.74, 6) is -0.928. The van der Waals surface area contributed by atoms with Crippen molar-refractivity contribution in [3.8, 4) is 5.75 Å². The first-order valence-corrected chi connectivity index (χ1v) is 4.82. The molecule has 2 N–H and O–H groups in total. The molecule has 1 atom stereocenters. The fourth-order valence-corrected chi connectivity index (χ4v) is 1.69. The molecule has 0 aromatic heterocycles. The van der Waals surface area contributed by atoms with Crippen molar-refractivity contribution in [2.24, 2.45) is 0 Å². The number of carbonyl (C=O) groups excluding carboxylic acids is 1. The SMILES string of the molecule is CC1(CC(=O)O)NC(=O)c2ccccc2O1. The highest BCUT2D eigenvalue weighted by atomic mass is 16.5. The third-order valence-corrected chi connectivity index (χ3v) is 2.33. The van der Waals surface area contributed by atoms with Crippen molar-refractivity contribution in [3.05, 3.63) is 29.8 Å². The molecule has 5 heteroatoms. The highest BCUT2D eigenvalue weighted by molar-refractivity contribution is 5.98. The van der Waals surface area contributed by atoms with Crippen molar-refractivity contribution in [3.63, 3.8) is 0 Å². The molecular formula is C11H11NO4. The van der Waals surface area contributed by atoms with E-state index in [-0.39, 0.29) is 12.3 Å². The molecule has 1 aromatic carbocycles. The molecule has 84 valence electrons. The van der Waals surface area contributed by atoms with Crippen LogP contribution in [0, 0.1) is 0 Å². The minimum atomic E-state index is -1.18. The lowest BCUT2D eigenvalue weighted by molar-refractivity contribution is -0.141. The highest BCUT2D eigenvalue weighted by Crippen LogP contribution is 2.28. The molecule has 1 amide bonds. The van der Waals surface area contributed by atoms with Crippen molar-refractivity contribution in [2.75, 3.05) is 0 Å². The summed E-state index contributed by atoms with van der Waals surface area (Å²) in [6.45, 7) is 1.54. The van der Waals surface area contributed by atoms with Crippen molar-refractivity contribution in [2.45, 2.75) is 19.1 Å². The zero-order chi connectivity index (χ0) is 11.8. The Morgan fingerprint density at radius 1 is 1.50 bits per heavy atom. The fourth-order valence-electron chi connectivity index (χ4n) is 1.69. The predicted molar refractivity (Wildman–Crippen MR) is 55.2 cm³/mol. The van der Waals surface area contributed by atoms with Gasteiger partial charge in [-0.05, 0) is 19.1 Å². The Balaban J connectivity index is 2.33. The molecule has 0 aliphatic carbocycles. The Bertz CT molecular complexity index is 457. The summed E-state index contributed by atoms with van der Waals surface area (Å²) in [6.07, 6.45) is -0.285. The minimum Gasteiger partial charge on any atom is -0.481 e. The molecule has 5 nitrogen and oxygen atoms in total. The van der Waals surface area contributed by atoms with E-state index < -0.39 is 11.7 Å². The van der Waals surface area contributed by atoms with Gasteiger partial charge in [-0.2, -0.15) is 0 Å². The summed E-state index contributed by atoms with van der Waals surface area (Å²) >= 11 is 0. The molecular weight excluding hydrogens is 210 g/mol. The zero-order valence-corrected chi connectivity index (χ0v) is 8.69. The van der Waals surface area contributed by atoms with Crippen LogP contribution in [0.25, 0.3) is 0 Å². The van der Waals surface area contributed by atoms with Gasteiger partial charge in [0.05, 0.1) is 5.56 Å². The fraction of sp³-hybridized carbons (Fsp3) is 0.273. The molecule has 0 radical (unpaired) electrons. The Morgan fingerprint density at radius 2 is 2.19 bits per heavy atom. The first-order chi connectivity index (χ1) is 7.50. The number of rotatable bonds is 2. The van der Waals surface area contributed by atoms with E-state index in [1.54, 1.807) is 24.3 Å². The monoisotopic (exact) mass is 221 g/mol. The quantitative estimate of drug-likeness (QED) is 0.781. The molecule has 1 aliphatic heterocycles. The lowest BCUT2D eigenvalue weighted by Gasteiger charge is -2.34. The number of ether oxygens (including phenoxy) is 1. The second-order valence-electron chi connectivity index (χ2n) is 3.85. The second-order valence-corrected chi connectivity index (χ2v) is 3.85. The molecule has 0 saturated heterocycles. The van der Waals surface area contributed by atoms with Gasteiger partial charge >= 0.3 is 5.97 Å². The van der Waals surface area contributed by atoms with Gasteiger partial charge in [-0.25, -0.2) is 0 Å². The number of nitrogens with one attached hydrogen (secondary N) is 1. The van der Waals surface area contributed by atoms with E-state index in [9.17, 15) is 9.59 Å². The van der Waals surface area contributed by atoms with E-state index in [0.29, 0.717) is 11.3 Å². The third-order valence-electron chi connectivity index (χ3n) is 2.33. The zero-order valence-electron chi connectivity index (χ0n) is 8.69. The molecule has 1 heterocycles. The molecule has 0 bridgehead atoms. The van der Waals surface area contributed by atoms with Crippen LogP contribution in [0.4, 0.5) is 0 Å². The first kappa shape index (κ1) is 10.5. The Labute approximate surface area is 92.0 Å². The summed E-state index contributed by atoms with van der Waals surface area (Å²) < 4.78 is 5.49. The van der Waals surface area contributed by atoms with Crippen molar-refractivity contribution in [1.29, 1.82) is 0 Å². The second kappa shape index (κ2) is 3.52.